The van der Waals surface area contributed by atoms with E-state index in [0.717, 1.165) is 5.56 Å². The van der Waals surface area contributed by atoms with Crippen molar-refractivity contribution < 1.29 is 18.8 Å². The summed E-state index contributed by atoms with van der Waals surface area (Å²) in [5.74, 6) is -0.898. The molecule has 0 bridgehead atoms. The Morgan fingerprint density at radius 2 is 1.81 bits per heavy atom. The second-order valence-corrected chi connectivity index (χ2v) is 6.94. The lowest BCUT2D eigenvalue weighted by Crippen LogP contribution is -2.45. The average Bonchev–Trinajstić information content (AvgIpc) is 3.07. The smallest absolute Gasteiger partial charge is 0.291 e. The maximum atomic E-state index is 12.3. The first-order valence-corrected chi connectivity index (χ1v) is 8.20. The van der Waals surface area contributed by atoms with Crippen LogP contribution in [0.1, 0.15) is 47.2 Å². The first-order chi connectivity index (χ1) is 12.2. The molecular weight excluding hydrogens is 334 g/mol. The zero-order chi connectivity index (χ0) is 19.3. The summed E-state index contributed by atoms with van der Waals surface area (Å²) in [4.78, 5) is 36.2. The van der Waals surface area contributed by atoms with Crippen LogP contribution in [0.5, 0.6) is 0 Å². The number of carbonyl (C=O) groups excluding carboxylic acids is 3. The fourth-order valence-corrected chi connectivity index (χ4v) is 2.21. The minimum absolute atomic E-state index is 0.127. The first kappa shape index (κ1) is 19.2. The summed E-state index contributed by atoms with van der Waals surface area (Å²) in [6, 6.07) is 8.09. The summed E-state index contributed by atoms with van der Waals surface area (Å²) >= 11 is 0. The number of amides is 3. The van der Waals surface area contributed by atoms with Crippen molar-refractivity contribution in [3.05, 3.63) is 53.5 Å². The Morgan fingerprint density at radius 3 is 2.42 bits per heavy atom. The second-order valence-electron chi connectivity index (χ2n) is 6.94. The number of nitrogens with one attached hydrogen (secondary N) is 3. The van der Waals surface area contributed by atoms with E-state index in [2.05, 4.69) is 16.0 Å². The van der Waals surface area contributed by atoms with E-state index in [-0.39, 0.29) is 23.8 Å². The van der Waals surface area contributed by atoms with E-state index in [4.69, 9.17) is 4.42 Å². The van der Waals surface area contributed by atoms with E-state index in [1.807, 2.05) is 27.7 Å². The van der Waals surface area contributed by atoms with Gasteiger partial charge in [0.15, 0.2) is 5.76 Å². The van der Waals surface area contributed by atoms with Crippen LogP contribution in [-0.4, -0.2) is 29.8 Å². The number of hydrogen-bond donors (Lipinski definition) is 3. The summed E-state index contributed by atoms with van der Waals surface area (Å²) < 4.78 is 5.05. The van der Waals surface area contributed by atoms with Gasteiger partial charge in [0.25, 0.3) is 11.8 Å². The third-order valence-corrected chi connectivity index (χ3v) is 3.42. The van der Waals surface area contributed by atoms with Crippen LogP contribution < -0.4 is 16.0 Å². The molecule has 138 valence electrons. The van der Waals surface area contributed by atoms with E-state index in [0.29, 0.717) is 11.3 Å². The minimum atomic E-state index is -0.403. The standard InChI is InChI=1S/C19H23N3O4/c1-12-7-8-13(17(24)20-11-16(23)22-19(2,3)4)10-14(12)21-18(25)15-6-5-9-26-15/h5-10H,11H2,1-4H3,(H,20,24)(H,21,25)(H,22,23). The molecule has 0 aliphatic heterocycles. The maximum absolute atomic E-state index is 12.3. The zero-order valence-corrected chi connectivity index (χ0v) is 15.3. The predicted molar refractivity (Wildman–Crippen MR) is 98.1 cm³/mol. The van der Waals surface area contributed by atoms with Crippen molar-refractivity contribution in [3.63, 3.8) is 0 Å². The number of rotatable bonds is 5. The van der Waals surface area contributed by atoms with Gasteiger partial charge in [-0.3, -0.25) is 14.4 Å². The lowest BCUT2D eigenvalue weighted by Gasteiger charge is -2.20. The molecule has 0 spiro atoms. The highest BCUT2D eigenvalue weighted by Crippen LogP contribution is 2.18. The number of aryl methyl sites for hydroxylation is 1. The molecular formula is C19H23N3O4. The minimum Gasteiger partial charge on any atom is -0.459 e. The molecule has 0 aliphatic rings. The van der Waals surface area contributed by atoms with Gasteiger partial charge in [-0.25, -0.2) is 0 Å². The van der Waals surface area contributed by atoms with Crippen LogP contribution >= 0.6 is 0 Å². The maximum Gasteiger partial charge on any atom is 0.291 e. The number of carbonyl (C=O) groups is 3. The fraction of sp³-hybridized carbons (Fsp3) is 0.316. The lowest BCUT2D eigenvalue weighted by molar-refractivity contribution is -0.121. The topological polar surface area (TPSA) is 100 Å². The number of furan rings is 1. The quantitative estimate of drug-likeness (QED) is 0.765. The molecule has 0 atom stereocenters. The highest BCUT2D eigenvalue weighted by Gasteiger charge is 2.16. The van der Waals surface area contributed by atoms with Crippen LogP contribution in [-0.2, 0) is 4.79 Å². The van der Waals surface area contributed by atoms with Crippen LogP contribution in [0.4, 0.5) is 5.69 Å². The predicted octanol–water partition coefficient (Wildman–Crippen LogP) is 2.48. The summed E-state index contributed by atoms with van der Waals surface area (Å²) in [6.07, 6.45) is 1.41. The van der Waals surface area contributed by atoms with E-state index >= 15 is 0 Å². The van der Waals surface area contributed by atoms with E-state index in [1.54, 1.807) is 30.3 Å². The Balaban J connectivity index is 2.02. The largest absolute Gasteiger partial charge is 0.459 e. The van der Waals surface area contributed by atoms with Gasteiger partial charge in [0.2, 0.25) is 5.91 Å². The normalized spacial score (nSPS) is 10.9. The van der Waals surface area contributed by atoms with Gasteiger partial charge in [-0.2, -0.15) is 0 Å². The van der Waals surface area contributed by atoms with Crippen molar-refractivity contribution in [1.82, 2.24) is 10.6 Å². The Morgan fingerprint density at radius 1 is 1.08 bits per heavy atom. The molecule has 2 aromatic rings. The third-order valence-electron chi connectivity index (χ3n) is 3.42. The first-order valence-electron chi connectivity index (χ1n) is 8.20. The second kappa shape index (κ2) is 7.86. The van der Waals surface area contributed by atoms with Crippen molar-refractivity contribution in [3.8, 4) is 0 Å². The molecule has 1 heterocycles. The zero-order valence-electron chi connectivity index (χ0n) is 15.3. The van der Waals surface area contributed by atoms with Gasteiger partial charge in [-0.15, -0.1) is 0 Å². The molecule has 0 radical (unpaired) electrons. The molecule has 7 heteroatoms. The number of hydrogen-bond acceptors (Lipinski definition) is 4. The molecule has 0 saturated heterocycles. The molecule has 0 unspecified atom stereocenters. The van der Waals surface area contributed by atoms with Gasteiger partial charge in [-0.05, 0) is 57.5 Å². The Labute approximate surface area is 152 Å². The van der Waals surface area contributed by atoms with Gasteiger partial charge >= 0.3 is 0 Å². The molecule has 7 nitrogen and oxygen atoms in total. The van der Waals surface area contributed by atoms with Gasteiger partial charge in [0.1, 0.15) is 0 Å². The van der Waals surface area contributed by atoms with E-state index < -0.39 is 11.8 Å². The van der Waals surface area contributed by atoms with Crippen LogP contribution in [0.3, 0.4) is 0 Å². The van der Waals surface area contributed by atoms with Gasteiger partial charge in [0.05, 0.1) is 12.8 Å². The molecule has 2 rings (SSSR count). The van der Waals surface area contributed by atoms with Crippen LogP contribution in [0.15, 0.2) is 41.0 Å². The Hall–Kier alpha value is -3.09. The summed E-state index contributed by atoms with van der Waals surface area (Å²) in [7, 11) is 0. The number of benzene rings is 1. The van der Waals surface area contributed by atoms with Crippen LogP contribution in [0.2, 0.25) is 0 Å². The van der Waals surface area contributed by atoms with Crippen molar-refractivity contribution in [1.29, 1.82) is 0 Å². The van der Waals surface area contributed by atoms with Crippen LogP contribution in [0, 0.1) is 6.92 Å². The fourth-order valence-electron chi connectivity index (χ4n) is 2.21. The third kappa shape index (κ3) is 5.47. The summed E-state index contributed by atoms with van der Waals surface area (Å²) in [5.41, 5.74) is 1.27. The monoisotopic (exact) mass is 357 g/mol. The number of anilines is 1. The molecule has 0 saturated carbocycles. The Kier molecular flexibility index (Phi) is 5.82. The summed E-state index contributed by atoms with van der Waals surface area (Å²) in [5, 5.41) is 8.05. The molecule has 0 fully saturated rings. The molecule has 0 aliphatic carbocycles. The molecule has 3 amide bonds. The van der Waals surface area contributed by atoms with Crippen molar-refractivity contribution in [2.75, 3.05) is 11.9 Å². The van der Waals surface area contributed by atoms with E-state index in [9.17, 15) is 14.4 Å². The van der Waals surface area contributed by atoms with Gasteiger partial charge in [0, 0.05) is 16.8 Å². The SMILES string of the molecule is Cc1ccc(C(=O)NCC(=O)NC(C)(C)C)cc1NC(=O)c1ccco1. The molecule has 3 N–H and O–H groups in total. The molecule has 1 aromatic heterocycles. The Bertz CT molecular complexity index is 805. The van der Waals surface area contributed by atoms with Gasteiger partial charge in [-0.1, -0.05) is 6.07 Å². The highest BCUT2D eigenvalue weighted by atomic mass is 16.3. The van der Waals surface area contributed by atoms with E-state index in [1.165, 1.54) is 6.26 Å². The summed E-state index contributed by atoms with van der Waals surface area (Å²) in [6.45, 7) is 7.27. The van der Waals surface area contributed by atoms with Crippen molar-refractivity contribution >= 4 is 23.4 Å². The van der Waals surface area contributed by atoms with Gasteiger partial charge < -0.3 is 20.4 Å². The highest BCUT2D eigenvalue weighted by molar-refractivity contribution is 6.04. The van der Waals surface area contributed by atoms with Crippen molar-refractivity contribution in [2.45, 2.75) is 33.2 Å². The molecule has 1 aromatic carbocycles. The van der Waals surface area contributed by atoms with Crippen LogP contribution in [0.25, 0.3) is 0 Å². The average molecular weight is 357 g/mol. The lowest BCUT2D eigenvalue weighted by atomic mass is 10.1. The molecule has 26 heavy (non-hydrogen) atoms. The van der Waals surface area contributed by atoms with Crippen molar-refractivity contribution in [2.24, 2.45) is 0 Å².